The van der Waals surface area contributed by atoms with E-state index in [4.69, 9.17) is 4.55 Å². The van der Waals surface area contributed by atoms with Crippen LogP contribution in [0.15, 0.2) is 0 Å². The van der Waals surface area contributed by atoms with E-state index in [1.807, 2.05) is 14.1 Å². The molecule has 11 heavy (non-hydrogen) atoms. The molecule has 0 aromatic carbocycles. The predicted molar refractivity (Wildman–Crippen MR) is 46.2 cm³/mol. The molecule has 0 saturated heterocycles. The van der Waals surface area contributed by atoms with Gasteiger partial charge in [-0.15, -0.1) is 0 Å². The Bertz CT molecular complexity index is 163. The van der Waals surface area contributed by atoms with Crippen molar-refractivity contribution in [3.63, 3.8) is 0 Å². The van der Waals surface area contributed by atoms with E-state index in [2.05, 4.69) is 5.32 Å². The van der Waals surface area contributed by atoms with E-state index < -0.39 is 10.1 Å². The predicted octanol–water partition coefficient (Wildman–Crippen LogP) is 0.366. The normalized spacial score (nSPS) is 10.7. The van der Waals surface area contributed by atoms with Crippen molar-refractivity contribution in [2.75, 3.05) is 19.8 Å². The second kappa shape index (κ2) is 6.57. The van der Waals surface area contributed by atoms with Crippen LogP contribution in [0.2, 0.25) is 0 Å². The van der Waals surface area contributed by atoms with Gasteiger partial charge in [0.1, 0.15) is 0 Å². The molecule has 0 aliphatic heterocycles. The van der Waals surface area contributed by atoms with Gasteiger partial charge < -0.3 is 5.32 Å². The van der Waals surface area contributed by atoms with Gasteiger partial charge in [0, 0.05) is 0 Å². The summed E-state index contributed by atoms with van der Waals surface area (Å²) in [5, 5.41) is 2.75. The summed E-state index contributed by atoms with van der Waals surface area (Å²) in [4.78, 5) is 0. The van der Waals surface area contributed by atoms with Crippen LogP contribution in [0.4, 0.5) is 0 Å². The van der Waals surface area contributed by atoms with E-state index in [1.54, 1.807) is 13.8 Å². The van der Waals surface area contributed by atoms with Gasteiger partial charge in [0.2, 0.25) is 0 Å². The maximum atomic E-state index is 10.00. The van der Waals surface area contributed by atoms with Crippen LogP contribution in [-0.4, -0.2) is 32.8 Å². The van der Waals surface area contributed by atoms with Gasteiger partial charge in [-0.2, -0.15) is 8.42 Å². The lowest BCUT2D eigenvalue weighted by molar-refractivity contribution is 0.473. The average molecular weight is 183 g/mol. The summed E-state index contributed by atoms with van der Waals surface area (Å²) >= 11 is 0. The van der Waals surface area contributed by atoms with Crippen LogP contribution in [0.25, 0.3) is 0 Å². The van der Waals surface area contributed by atoms with E-state index >= 15 is 0 Å². The fraction of sp³-hybridized carbons (Fsp3) is 1.00. The lowest BCUT2D eigenvalue weighted by atomic mass is 10.3. The molecule has 0 spiro atoms. The van der Waals surface area contributed by atoms with E-state index in [-0.39, 0.29) is 11.7 Å². The van der Waals surface area contributed by atoms with E-state index in [1.165, 1.54) is 0 Å². The zero-order valence-corrected chi connectivity index (χ0v) is 8.27. The first-order chi connectivity index (χ1) is 4.83. The van der Waals surface area contributed by atoms with Crippen LogP contribution in [0, 0.1) is 5.92 Å². The molecule has 0 fully saturated rings. The average Bonchev–Trinajstić information content (AvgIpc) is 1.57. The molecule has 5 heteroatoms. The quantitative estimate of drug-likeness (QED) is 0.607. The summed E-state index contributed by atoms with van der Waals surface area (Å²) in [6.45, 7) is 3.46. The Morgan fingerprint density at radius 2 is 1.64 bits per heavy atom. The minimum Gasteiger partial charge on any atom is -0.323 e. The highest BCUT2D eigenvalue weighted by Crippen LogP contribution is 1.95. The zero-order valence-electron chi connectivity index (χ0n) is 7.46. The highest BCUT2D eigenvalue weighted by molar-refractivity contribution is 7.85. The lowest BCUT2D eigenvalue weighted by Crippen LogP contribution is -2.09. The number of nitrogens with one attached hydrogen (secondary N) is 1. The molecule has 0 saturated carbocycles. The maximum absolute atomic E-state index is 10.00. The van der Waals surface area contributed by atoms with Crippen molar-refractivity contribution in [3.8, 4) is 0 Å². The minimum atomic E-state index is -3.72. The Labute approximate surface area is 68.7 Å². The maximum Gasteiger partial charge on any atom is 0.265 e. The topological polar surface area (TPSA) is 66.4 Å². The van der Waals surface area contributed by atoms with Crippen LogP contribution in [0.5, 0.6) is 0 Å². The van der Waals surface area contributed by atoms with Crippen LogP contribution >= 0.6 is 0 Å². The van der Waals surface area contributed by atoms with E-state index in [0.29, 0.717) is 0 Å². The Morgan fingerprint density at radius 3 is 1.64 bits per heavy atom. The van der Waals surface area contributed by atoms with Crippen molar-refractivity contribution in [2.24, 2.45) is 5.92 Å². The molecule has 0 heterocycles. The molecule has 2 N–H and O–H groups in total. The molecule has 0 rings (SSSR count). The molecule has 70 valence electrons. The largest absolute Gasteiger partial charge is 0.323 e. The Kier molecular flexibility index (Phi) is 8.04. The molecule has 0 aromatic heterocycles. The Morgan fingerprint density at radius 1 is 1.36 bits per heavy atom. The standard InChI is InChI=1S/C4H10O3S.C2H7N/c1-4(2)3-8(5,6)7;1-3-2/h4H,3H2,1-2H3,(H,5,6,7);3H,1-2H3. The summed E-state index contributed by atoms with van der Waals surface area (Å²) in [7, 11) is 0.0266. The second-order valence-electron chi connectivity index (χ2n) is 2.64. The van der Waals surface area contributed by atoms with Crippen LogP contribution in [0.1, 0.15) is 13.8 Å². The third kappa shape index (κ3) is 25.8. The summed E-state index contributed by atoms with van der Waals surface area (Å²) in [5.41, 5.74) is 0. The smallest absolute Gasteiger partial charge is 0.265 e. The molecule has 0 unspecified atom stereocenters. The number of rotatable bonds is 2. The second-order valence-corrected chi connectivity index (χ2v) is 4.14. The van der Waals surface area contributed by atoms with Gasteiger partial charge in [0.15, 0.2) is 0 Å². The van der Waals surface area contributed by atoms with Crippen molar-refractivity contribution >= 4 is 10.1 Å². The third-order valence-corrected chi connectivity index (χ3v) is 1.63. The van der Waals surface area contributed by atoms with Crippen molar-refractivity contribution in [1.82, 2.24) is 5.32 Å². The molecule has 0 aromatic rings. The van der Waals surface area contributed by atoms with E-state index in [0.717, 1.165) is 0 Å². The number of hydrogen-bond acceptors (Lipinski definition) is 3. The molecule has 0 radical (unpaired) electrons. The van der Waals surface area contributed by atoms with Crippen molar-refractivity contribution in [2.45, 2.75) is 13.8 Å². The molecular weight excluding hydrogens is 166 g/mol. The minimum absolute atomic E-state index is 0.00463. The first-order valence-electron chi connectivity index (χ1n) is 3.37. The summed E-state index contributed by atoms with van der Waals surface area (Å²) in [6, 6.07) is 0. The summed E-state index contributed by atoms with van der Waals surface area (Å²) < 4.78 is 28.2. The van der Waals surface area contributed by atoms with Crippen molar-refractivity contribution in [1.29, 1.82) is 0 Å². The van der Waals surface area contributed by atoms with Crippen LogP contribution in [0.3, 0.4) is 0 Å². The lowest BCUT2D eigenvalue weighted by Gasteiger charge is -1.97. The SMILES string of the molecule is CC(C)CS(=O)(=O)O.CNC. The fourth-order valence-corrected chi connectivity index (χ4v) is 1.26. The summed E-state index contributed by atoms with van der Waals surface area (Å²) in [5.74, 6) is -0.141. The summed E-state index contributed by atoms with van der Waals surface area (Å²) in [6.07, 6.45) is 0. The monoisotopic (exact) mass is 183 g/mol. The third-order valence-electron chi connectivity index (χ3n) is 0.544. The van der Waals surface area contributed by atoms with Gasteiger partial charge in [-0.25, -0.2) is 0 Å². The Hall–Kier alpha value is -0.130. The molecule has 4 nitrogen and oxygen atoms in total. The number of hydrogen-bond donors (Lipinski definition) is 2. The molecule has 0 aliphatic carbocycles. The van der Waals surface area contributed by atoms with Crippen LogP contribution in [-0.2, 0) is 10.1 Å². The Balaban J connectivity index is 0. The first kappa shape index (κ1) is 13.5. The highest BCUT2D eigenvalue weighted by Gasteiger charge is 2.05. The van der Waals surface area contributed by atoms with Crippen molar-refractivity contribution in [3.05, 3.63) is 0 Å². The highest BCUT2D eigenvalue weighted by atomic mass is 32.2. The van der Waals surface area contributed by atoms with Crippen LogP contribution < -0.4 is 5.32 Å². The van der Waals surface area contributed by atoms with Crippen molar-refractivity contribution < 1.29 is 13.0 Å². The van der Waals surface area contributed by atoms with Gasteiger partial charge in [-0.05, 0) is 20.0 Å². The molecule has 0 bridgehead atoms. The fourth-order valence-electron chi connectivity index (χ4n) is 0.421. The molecule has 0 aliphatic rings. The van der Waals surface area contributed by atoms with Gasteiger partial charge >= 0.3 is 0 Å². The zero-order chi connectivity index (χ0) is 9.49. The molecular formula is C6H17NO3S. The first-order valence-corrected chi connectivity index (χ1v) is 4.98. The van der Waals surface area contributed by atoms with Gasteiger partial charge in [-0.1, -0.05) is 13.8 Å². The van der Waals surface area contributed by atoms with Gasteiger partial charge in [0.05, 0.1) is 5.75 Å². The molecule has 0 atom stereocenters. The van der Waals surface area contributed by atoms with Gasteiger partial charge in [0.25, 0.3) is 10.1 Å². The van der Waals surface area contributed by atoms with Gasteiger partial charge in [-0.3, -0.25) is 4.55 Å². The molecule has 0 amide bonds. The van der Waals surface area contributed by atoms with E-state index in [9.17, 15) is 8.42 Å².